The molecule has 3 nitrogen and oxygen atoms in total. The van der Waals surface area contributed by atoms with E-state index in [2.05, 4.69) is 25.7 Å². The molecule has 0 radical (unpaired) electrons. The van der Waals surface area contributed by atoms with E-state index in [1.54, 1.807) is 0 Å². The van der Waals surface area contributed by atoms with Crippen LogP contribution in [0.15, 0.2) is 0 Å². The number of hydrogen-bond donors (Lipinski definition) is 2. The Balaban J connectivity index is 2.40. The van der Waals surface area contributed by atoms with E-state index in [1.807, 2.05) is 0 Å². The average Bonchev–Trinajstić information content (AvgIpc) is 2.20. The fourth-order valence-corrected chi connectivity index (χ4v) is 2.35. The first-order valence-electron chi connectivity index (χ1n) is 6.12. The van der Waals surface area contributed by atoms with Crippen molar-refractivity contribution in [3.05, 3.63) is 0 Å². The maximum atomic E-state index is 10.4. The summed E-state index contributed by atoms with van der Waals surface area (Å²) < 4.78 is 0. The Morgan fingerprint density at radius 2 is 1.80 bits per heavy atom. The molecule has 0 amide bonds. The van der Waals surface area contributed by atoms with Crippen LogP contribution < -0.4 is 5.73 Å². The molecule has 1 saturated heterocycles. The number of aliphatic hydroxyl groups is 1. The minimum Gasteiger partial charge on any atom is -0.389 e. The molecule has 0 spiro atoms. The third-order valence-corrected chi connectivity index (χ3v) is 3.62. The molecule has 0 aromatic rings. The van der Waals surface area contributed by atoms with Gasteiger partial charge in [0.15, 0.2) is 0 Å². The molecule has 0 aromatic carbocycles. The second-order valence-electron chi connectivity index (χ2n) is 5.43. The van der Waals surface area contributed by atoms with Crippen LogP contribution in [0.3, 0.4) is 0 Å². The number of nitrogens with two attached hydrogens (primary N) is 1. The van der Waals surface area contributed by atoms with Gasteiger partial charge < -0.3 is 15.7 Å². The summed E-state index contributed by atoms with van der Waals surface area (Å²) >= 11 is 0. The van der Waals surface area contributed by atoms with Gasteiger partial charge in [0, 0.05) is 19.6 Å². The average molecular weight is 214 g/mol. The predicted molar refractivity (Wildman–Crippen MR) is 63.7 cm³/mol. The molecule has 15 heavy (non-hydrogen) atoms. The molecule has 0 bridgehead atoms. The van der Waals surface area contributed by atoms with Crippen molar-refractivity contribution in [1.82, 2.24) is 4.90 Å². The maximum Gasteiger partial charge on any atom is 0.0709 e. The fourth-order valence-electron chi connectivity index (χ4n) is 2.35. The summed E-state index contributed by atoms with van der Waals surface area (Å²) in [5.74, 6) is 0.932. The van der Waals surface area contributed by atoms with E-state index in [1.165, 1.54) is 0 Å². The lowest BCUT2D eigenvalue weighted by Crippen LogP contribution is -2.50. The molecule has 0 aliphatic carbocycles. The van der Waals surface area contributed by atoms with Crippen LogP contribution in [0, 0.1) is 11.8 Å². The van der Waals surface area contributed by atoms with Crippen LogP contribution in [0.2, 0.25) is 0 Å². The molecule has 1 unspecified atom stereocenters. The monoisotopic (exact) mass is 214 g/mol. The second kappa shape index (κ2) is 5.28. The van der Waals surface area contributed by atoms with Gasteiger partial charge in [-0.2, -0.15) is 0 Å². The van der Waals surface area contributed by atoms with Gasteiger partial charge in [0.25, 0.3) is 0 Å². The predicted octanol–water partition coefficient (Wildman–Crippen LogP) is 1.06. The molecule has 1 aliphatic rings. The maximum absolute atomic E-state index is 10.4. The highest BCUT2D eigenvalue weighted by atomic mass is 16.3. The molecule has 0 aromatic heterocycles. The summed E-state index contributed by atoms with van der Waals surface area (Å²) in [6, 6.07) is 0. The van der Waals surface area contributed by atoms with Gasteiger partial charge in [0.1, 0.15) is 0 Å². The summed E-state index contributed by atoms with van der Waals surface area (Å²) in [4.78, 5) is 2.45. The normalized spacial score (nSPS) is 24.4. The van der Waals surface area contributed by atoms with Crippen molar-refractivity contribution in [2.24, 2.45) is 17.6 Å². The third kappa shape index (κ3) is 3.44. The van der Waals surface area contributed by atoms with Crippen molar-refractivity contribution < 1.29 is 5.11 Å². The summed E-state index contributed by atoms with van der Waals surface area (Å²) in [7, 11) is 0. The van der Waals surface area contributed by atoms with Gasteiger partial charge in [-0.3, -0.25) is 0 Å². The molecule has 90 valence electrons. The number of hydrogen-bond acceptors (Lipinski definition) is 3. The van der Waals surface area contributed by atoms with Crippen LogP contribution in [-0.4, -0.2) is 41.8 Å². The van der Waals surface area contributed by atoms with E-state index in [9.17, 15) is 5.11 Å². The van der Waals surface area contributed by atoms with E-state index < -0.39 is 5.60 Å². The molecule has 3 N–H and O–H groups in total. The largest absolute Gasteiger partial charge is 0.389 e. The SMILES string of the molecule is CC(C)CN1CCC(O)(C(C)CN)CC1. The lowest BCUT2D eigenvalue weighted by Gasteiger charge is -2.42. The van der Waals surface area contributed by atoms with Crippen molar-refractivity contribution in [3.8, 4) is 0 Å². The van der Waals surface area contributed by atoms with Gasteiger partial charge in [-0.1, -0.05) is 20.8 Å². The van der Waals surface area contributed by atoms with Crippen LogP contribution in [0.25, 0.3) is 0 Å². The number of nitrogens with zero attached hydrogens (tertiary/aromatic N) is 1. The molecule has 3 heteroatoms. The van der Waals surface area contributed by atoms with Gasteiger partial charge in [-0.25, -0.2) is 0 Å². The first-order chi connectivity index (χ1) is 6.98. The molecule has 1 fully saturated rings. The third-order valence-electron chi connectivity index (χ3n) is 3.62. The molecular weight excluding hydrogens is 188 g/mol. The van der Waals surface area contributed by atoms with Crippen LogP contribution >= 0.6 is 0 Å². The highest BCUT2D eigenvalue weighted by molar-refractivity contribution is 4.90. The minimum atomic E-state index is -0.512. The molecule has 1 aliphatic heterocycles. The highest BCUT2D eigenvalue weighted by Crippen LogP contribution is 2.29. The summed E-state index contributed by atoms with van der Waals surface area (Å²) in [6.07, 6.45) is 1.75. The van der Waals surface area contributed by atoms with Crippen molar-refractivity contribution in [2.45, 2.75) is 39.2 Å². The Hall–Kier alpha value is -0.120. The topological polar surface area (TPSA) is 49.5 Å². The molecule has 1 atom stereocenters. The zero-order valence-corrected chi connectivity index (χ0v) is 10.4. The number of rotatable bonds is 4. The summed E-state index contributed by atoms with van der Waals surface area (Å²) in [5, 5.41) is 10.4. The summed E-state index contributed by atoms with van der Waals surface area (Å²) in [6.45, 7) is 10.3. The Bertz CT molecular complexity index is 186. The highest BCUT2D eigenvalue weighted by Gasteiger charge is 2.36. The minimum absolute atomic E-state index is 0.221. The van der Waals surface area contributed by atoms with E-state index >= 15 is 0 Å². The van der Waals surface area contributed by atoms with E-state index in [0.717, 1.165) is 32.5 Å². The van der Waals surface area contributed by atoms with Gasteiger partial charge in [0.2, 0.25) is 0 Å². The first kappa shape index (κ1) is 12.9. The van der Waals surface area contributed by atoms with E-state index in [-0.39, 0.29) is 5.92 Å². The first-order valence-corrected chi connectivity index (χ1v) is 6.12. The standard InChI is InChI=1S/C12H26N2O/c1-10(2)9-14-6-4-12(15,5-7-14)11(3)8-13/h10-11,15H,4-9,13H2,1-3H3. The van der Waals surface area contributed by atoms with Crippen molar-refractivity contribution in [1.29, 1.82) is 0 Å². The smallest absolute Gasteiger partial charge is 0.0709 e. The fraction of sp³-hybridized carbons (Fsp3) is 1.00. The van der Waals surface area contributed by atoms with Crippen LogP contribution in [-0.2, 0) is 0 Å². The van der Waals surface area contributed by atoms with E-state index in [4.69, 9.17) is 5.73 Å². The second-order valence-corrected chi connectivity index (χ2v) is 5.43. The zero-order valence-electron chi connectivity index (χ0n) is 10.4. The van der Waals surface area contributed by atoms with Gasteiger partial charge in [-0.15, -0.1) is 0 Å². The number of piperidine rings is 1. The quantitative estimate of drug-likeness (QED) is 0.736. The van der Waals surface area contributed by atoms with Crippen LogP contribution in [0.4, 0.5) is 0 Å². The van der Waals surface area contributed by atoms with Crippen molar-refractivity contribution >= 4 is 0 Å². The lowest BCUT2D eigenvalue weighted by molar-refractivity contribution is -0.0604. The molecule has 1 heterocycles. The van der Waals surface area contributed by atoms with Crippen molar-refractivity contribution in [3.63, 3.8) is 0 Å². The van der Waals surface area contributed by atoms with Crippen LogP contribution in [0.1, 0.15) is 33.6 Å². The Morgan fingerprint density at radius 1 is 1.27 bits per heavy atom. The zero-order chi connectivity index (χ0) is 11.5. The van der Waals surface area contributed by atoms with Gasteiger partial charge in [0.05, 0.1) is 5.60 Å². The lowest BCUT2D eigenvalue weighted by atomic mass is 9.80. The Morgan fingerprint density at radius 3 is 2.20 bits per heavy atom. The Kier molecular flexibility index (Phi) is 4.56. The van der Waals surface area contributed by atoms with Crippen LogP contribution in [0.5, 0.6) is 0 Å². The molecule has 0 saturated carbocycles. The molecule has 1 rings (SSSR count). The van der Waals surface area contributed by atoms with E-state index in [0.29, 0.717) is 12.5 Å². The van der Waals surface area contributed by atoms with Gasteiger partial charge >= 0.3 is 0 Å². The summed E-state index contributed by atoms with van der Waals surface area (Å²) in [5.41, 5.74) is 5.12. The number of likely N-dealkylation sites (tertiary alicyclic amines) is 1. The van der Waals surface area contributed by atoms with Crippen molar-refractivity contribution in [2.75, 3.05) is 26.2 Å². The molecular formula is C12H26N2O. The Labute approximate surface area is 93.6 Å². The van der Waals surface area contributed by atoms with Gasteiger partial charge in [-0.05, 0) is 31.2 Å².